The molecule has 0 aliphatic heterocycles. The van der Waals surface area contributed by atoms with Crippen LogP contribution in [0.1, 0.15) is 0 Å². The quantitative estimate of drug-likeness (QED) is 0.381. The Morgan fingerprint density at radius 3 is 1.25 bits per heavy atom. The summed E-state index contributed by atoms with van der Waals surface area (Å²) >= 11 is 0. The van der Waals surface area contributed by atoms with E-state index in [4.69, 9.17) is 0 Å². The Morgan fingerprint density at radius 2 is 0.950 bits per heavy atom. The van der Waals surface area contributed by atoms with Gasteiger partial charge >= 0.3 is 0 Å². The molecular formula is C18H16PZn-. The first-order chi connectivity index (χ1) is 9.45. The van der Waals surface area contributed by atoms with E-state index >= 15 is 0 Å². The van der Waals surface area contributed by atoms with Gasteiger partial charge in [0.05, 0.1) is 0 Å². The van der Waals surface area contributed by atoms with E-state index in [1.807, 2.05) is 30.3 Å². The average Bonchev–Trinajstić information content (AvgIpc) is 2.52. The van der Waals surface area contributed by atoms with E-state index < -0.39 is 0 Å². The molecule has 20 heavy (non-hydrogen) atoms. The van der Waals surface area contributed by atoms with E-state index in [0.717, 1.165) is 8.58 Å². The Kier molecular flexibility index (Phi) is 8.80. The summed E-state index contributed by atoms with van der Waals surface area (Å²) in [6.45, 7) is 0. The van der Waals surface area contributed by atoms with Crippen LogP contribution in [0.25, 0.3) is 0 Å². The molecule has 0 radical (unpaired) electrons. The SMILES string of the molecule is [Zn].[c-]1ccccc1.c1ccc(Pc2ccccc2)cc1. The molecule has 0 spiro atoms. The third-order valence-corrected chi connectivity index (χ3v) is 3.69. The van der Waals surface area contributed by atoms with Crippen LogP contribution in [0.15, 0.2) is 91.0 Å². The summed E-state index contributed by atoms with van der Waals surface area (Å²) in [4.78, 5) is 0. The summed E-state index contributed by atoms with van der Waals surface area (Å²) in [5, 5.41) is 2.79. The van der Waals surface area contributed by atoms with E-state index in [-0.39, 0.29) is 19.5 Å². The molecule has 0 saturated carbocycles. The van der Waals surface area contributed by atoms with Crippen molar-refractivity contribution in [2.75, 3.05) is 0 Å². The second kappa shape index (κ2) is 10.5. The molecule has 0 aliphatic rings. The summed E-state index contributed by atoms with van der Waals surface area (Å²) < 4.78 is 0. The van der Waals surface area contributed by atoms with Crippen LogP contribution in [0, 0.1) is 6.07 Å². The van der Waals surface area contributed by atoms with Gasteiger partial charge < -0.3 is 0 Å². The van der Waals surface area contributed by atoms with E-state index in [9.17, 15) is 0 Å². The molecule has 0 aliphatic carbocycles. The Morgan fingerprint density at radius 1 is 0.550 bits per heavy atom. The molecule has 0 heterocycles. The van der Waals surface area contributed by atoms with Crippen LogP contribution in [-0.2, 0) is 19.5 Å². The standard InChI is InChI=1S/C12H11P.C6H5.Zn/c1-3-7-11(8-4-1)13-12-9-5-2-6-10-12;1-2-4-6-5-3-1;/h1-10,13H;1-5H;/q;-1;. The molecule has 2 heteroatoms. The molecule has 0 nitrogen and oxygen atoms in total. The summed E-state index contributed by atoms with van der Waals surface area (Å²) in [6, 6.07) is 33.7. The Hall–Kier alpha value is -1.29. The maximum absolute atomic E-state index is 2.89. The Labute approximate surface area is 135 Å². The first-order valence-electron chi connectivity index (χ1n) is 6.23. The van der Waals surface area contributed by atoms with Crippen LogP contribution in [0.5, 0.6) is 0 Å². The minimum atomic E-state index is 0. The summed E-state index contributed by atoms with van der Waals surface area (Å²) in [7, 11) is 0.777. The van der Waals surface area contributed by atoms with E-state index in [1.54, 1.807) is 0 Å². The van der Waals surface area contributed by atoms with E-state index in [2.05, 4.69) is 66.7 Å². The average molecular weight is 329 g/mol. The fourth-order valence-corrected chi connectivity index (χ4v) is 2.60. The largest absolute Gasteiger partial charge is 0.184 e. The number of benzene rings is 3. The molecule has 96 valence electrons. The van der Waals surface area contributed by atoms with E-state index in [0.29, 0.717) is 0 Å². The van der Waals surface area contributed by atoms with Crippen molar-refractivity contribution in [3.05, 3.63) is 97.1 Å². The molecule has 3 rings (SSSR count). The number of hydrogen-bond acceptors (Lipinski definition) is 0. The van der Waals surface area contributed by atoms with Crippen LogP contribution >= 0.6 is 8.58 Å². The maximum atomic E-state index is 2.89. The molecule has 0 atom stereocenters. The fraction of sp³-hybridized carbons (Fsp3) is 0. The predicted molar refractivity (Wildman–Crippen MR) is 85.7 cm³/mol. The minimum absolute atomic E-state index is 0. The monoisotopic (exact) mass is 327 g/mol. The number of rotatable bonds is 2. The van der Waals surface area contributed by atoms with Gasteiger partial charge in [0, 0.05) is 19.5 Å². The Bertz CT molecular complexity index is 488. The van der Waals surface area contributed by atoms with Crippen LogP contribution in [0.4, 0.5) is 0 Å². The minimum Gasteiger partial charge on any atom is -0.184 e. The van der Waals surface area contributed by atoms with Gasteiger partial charge in [-0.1, -0.05) is 69.2 Å². The first kappa shape index (κ1) is 16.8. The third kappa shape index (κ3) is 6.76. The van der Waals surface area contributed by atoms with Gasteiger partial charge in [-0.2, -0.15) is 36.4 Å². The van der Waals surface area contributed by atoms with Crippen molar-refractivity contribution < 1.29 is 19.5 Å². The van der Waals surface area contributed by atoms with Crippen LogP contribution in [0.3, 0.4) is 0 Å². The molecule has 0 fully saturated rings. The van der Waals surface area contributed by atoms with Crippen LogP contribution in [-0.4, -0.2) is 0 Å². The first-order valence-corrected chi connectivity index (χ1v) is 7.23. The van der Waals surface area contributed by atoms with Crippen LogP contribution < -0.4 is 10.6 Å². The topological polar surface area (TPSA) is 0 Å². The number of hydrogen-bond donors (Lipinski definition) is 0. The zero-order chi connectivity index (χ0) is 13.2. The molecule has 0 N–H and O–H groups in total. The predicted octanol–water partition coefficient (Wildman–Crippen LogP) is 3.80. The van der Waals surface area contributed by atoms with Gasteiger partial charge in [-0.15, -0.1) is 0 Å². The van der Waals surface area contributed by atoms with Gasteiger partial charge in [0.15, 0.2) is 0 Å². The van der Waals surface area contributed by atoms with Gasteiger partial charge in [0.25, 0.3) is 0 Å². The molecule has 0 bridgehead atoms. The van der Waals surface area contributed by atoms with Gasteiger partial charge in [-0.3, -0.25) is 0 Å². The molecule has 0 aromatic heterocycles. The smallest absolute Gasteiger partial charge is 0 e. The van der Waals surface area contributed by atoms with E-state index in [1.165, 1.54) is 10.6 Å². The zero-order valence-electron chi connectivity index (χ0n) is 11.4. The van der Waals surface area contributed by atoms with Crippen molar-refractivity contribution in [1.82, 2.24) is 0 Å². The summed E-state index contributed by atoms with van der Waals surface area (Å²) in [5.74, 6) is 0. The molecule has 3 aromatic rings. The molecule has 0 unspecified atom stereocenters. The van der Waals surface area contributed by atoms with Crippen LogP contribution in [0.2, 0.25) is 0 Å². The normalized spacial score (nSPS) is 8.80. The van der Waals surface area contributed by atoms with Crippen molar-refractivity contribution >= 4 is 19.2 Å². The second-order valence-corrected chi connectivity index (χ2v) is 5.34. The van der Waals surface area contributed by atoms with Crippen molar-refractivity contribution in [3.63, 3.8) is 0 Å². The third-order valence-electron chi connectivity index (χ3n) is 2.44. The Balaban J connectivity index is 0.000000243. The molecule has 0 amide bonds. The van der Waals surface area contributed by atoms with Gasteiger partial charge in [-0.05, 0) is 10.6 Å². The summed E-state index contributed by atoms with van der Waals surface area (Å²) in [5.41, 5.74) is 0. The molecular weight excluding hydrogens is 313 g/mol. The maximum Gasteiger partial charge on any atom is 0 e. The van der Waals surface area contributed by atoms with Crippen molar-refractivity contribution in [1.29, 1.82) is 0 Å². The van der Waals surface area contributed by atoms with Crippen molar-refractivity contribution in [2.24, 2.45) is 0 Å². The van der Waals surface area contributed by atoms with Gasteiger partial charge in [0.2, 0.25) is 0 Å². The van der Waals surface area contributed by atoms with Crippen molar-refractivity contribution in [3.8, 4) is 0 Å². The van der Waals surface area contributed by atoms with Gasteiger partial charge in [-0.25, -0.2) is 0 Å². The summed E-state index contributed by atoms with van der Waals surface area (Å²) in [6.07, 6.45) is 0. The van der Waals surface area contributed by atoms with Crippen molar-refractivity contribution in [2.45, 2.75) is 0 Å². The van der Waals surface area contributed by atoms with Gasteiger partial charge in [0.1, 0.15) is 0 Å². The molecule has 3 aromatic carbocycles. The fourth-order valence-electron chi connectivity index (χ4n) is 1.55. The second-order valence-electron chi connectivity index (χ2n) is 3.93. The zero-order valence-corrected chi connectivity index (χ0v) is 15.3. The molecule has 0 saturated heterocycles.